The number of hydrogen-bond acceptors (Lipinski definition) is 3. The van der Waals surface area contributed by atoms with E-state index in [4.69, 9.17) is 0 Å². The Morgan fingerprint density at radius 3 is 2.37 bits per heavy atom. The lowest BCUT2D eigenvalue weighted by Gasteiger charge is -2.06. The zero-order chi connectivity index (χ0) is 20.9. The molecule has 0 atom stereocenters. The third-order valence-corrected chi connectivity index (χ3v) is 4.65. The van der Waals surface area contributed by atoms with E-state index in [2.05, 4.69) is 20.9 Å². The summed E-state index contributed by atoms with van der Waals surface area (Å²) in [6, 6.07) is 21.0. The quantitative estimate of drug-likeness (QED) is 0.450. The summed E-state index contributed by atoms with van der Waals surface area (Å²) in [6.45, 7) is 2.53. The smallest absolute Gasteiger partial charge is 0.286 e. The van der Waals surface area contributed by atoms with E-state index in [9.17, 15) is 9.59 Å². The number of nitrogens with zero attached hydrogens (tertiary/aromatic N) is 2. The molecular formula is C23H21N5O2. The molecule has 30 heavy (non-hydrogen) atoms. The van der Waals surface area contributed by atoms with Crippen molar-refractivity contribution < 1.29 is 9.59 Å². The number of amides is 2. The Bertz CT molecular complexity index is 1150. The van der Waals surface area contributed by atoms with Gasteiger partial charge in [0, 0.05) is 18.0 Å². The first-order chi connectivity index (χ1) is 14.6. The van der Waals surface area contributed by atoms with Crippen LogP contribution in [0.25, 0.3) is 11.3 Å². The van der Waals surface area contributed by atoms with E-state index in [1.807, 2.05) is 61.5 Å². The van der Waals surface area contributed by atoms with Crippen molar-refractivity contribution in [2.24, 2.45) is 0 Å². The number of carbonyl (C=O) groups excluding carboxylic acids is 2. The molecule has 2 amide bonds. The molecule has 7 heteroatoms. The summed E-state index contributed by atoms with van der Waals surface area (Å²) in [4.78, 5) is 27.8. The highest BCUT2D eigenvalue weighted by Gasteiger charge is 2.19. The molecule has 0 spiro atoms. The summed E-state index contributed by atoms with van der Waals surface area (Å²) in [5.41, 5.74) is 9.20. The molecule has 0 bridgehead atoms. The highest BCUT2D eigenvalue weighted by atomic mass is 16.2. The second kappa shape index (κ2) is 8.48. The average molecular weight is 399 g/mol. The topological polar surface area (TPSA) is 91.8 Å². The lowest BCUT2D eigenvalue weighted by molar-refractivity contribution is 0.0844. The fourth-order valence-electron chi connectivity index (χ4n) is 3.08. The van der Waals surface area contributed by atoms with E-state index in [0.29, 0.717) is 23.5 Å². The summed E-state index contributed by atoms with van der Waals surface area (Å²) in [5.74, 6) is -0.869. The molecular weight excluding hydrogens is 378 g/mol. The summed E-state index contributed by atoms with van der Waals surface area (Å²) >= 11 is 0. The largest absolute Gasteiger partial charge is 0.357 e. The monoisotopic (exact) mass is 399 g/mol. The number of rotatable bonds is 5. The minimum Gasteiger partial charge on any atom is -0.357 e. The standard InChI is InChI=1S/C23H21N5O2/c1-16-9-11-18(12-10-16)21-19(15-28(27-21)14-17-6-3-2-4-7-17)22(29)25-26-23(30)20-8-5-13-24-20/h2-13,15,24H,14H2,1H3,(H,25,29)(H,26,30). The Balaban J connectivity index is 1.59. The molecule has 2 heterocycles. The van der Waals surface area contributed by atoms with Gasteiger partial charge in [-0.1, -0.05) is 60.2 Å². The zero-order valence-electron chi connectivity index (χ0n) is 16.4. The molecule has 4 rings (SSSR count). The van der Waals surface area contributed by atoms with Gasteiger partial charge in [0.25, 0.3) is 11.8 Å². The third kappa shape index (κ3) is 4.30. The van der Waals surface area contributed by atoms with Crippen LogP contribution in [0.15, 0.2) is 79.1 Å². The molecule has 0 saturated heterocycles. The maximum atomic E-state index is 12.9. The Morgan fingerprint density at radius 2 is 1.67 bits per heavy atom. The van der Waals surface area contributed by atoms with Crippen molar-refractivity contribution in [3.05, 3.63) is 102 Å². The van der Waals surface area contributed by atoms with Gasteiger partial charge < -0.3 is 4.98 Å². The number of aromatic nitrogens is 3. The second-order valence-electron chi connectivity index (χ2n) is 6.93. The van der Waals surface area contributed by atoms with Gasteiger partial charge in [0.1, 0.15) is 11.4 Å². The predicted octanol–water partition coefficient (Wildman–Crippen LogP) is 3.31. The molecule has 2 aromatic carbocycles. The van der Waals surface area contributed by atoms with Crippen molar-refractivity contribution in [3.63, 3.8) is 0 Å². The minimum atomic E-state index is -0.440. The average Bonchev–Trinajstić information content (AvgIpc) is 3.44. The lowest BCUT2D eigenvalue weighted by atomic mass is 10.1. The van der Waals surface area contributed by atoms with Crippen LogP contribution in [0.5, 0.6) is 0 Å². The molecule has 0 aliphatic heterocycles. The third-order valence-electron chi connectivity index (χ3n) is 4.65. The van der Waals surface area contributed by atoms with Crippen LogP contribution >= 0.6 is 0 Å². The van der Waals surface area contributed by atoms with Gasteiger partial charge >= 0.3 is 0 Å². The molecule has 150 valence electrons. The maximum Gasteiger partial charge on any atom is 0.286 e. The van der Waals surface area contributed by atoms with Crippen molar-refractivity contribution in [1.82, 2.24) is 25.6 Å². The van der Waals surface area contributed by atoms with Crippen molar-refractivity contribution in [2.75, 3.05) is 0 Å². The Morgan fingerprint density at radius 1 is 0.933 bits per heavy atom. The van der Waals surface area contributed by atoms with Crippen molar-refractivity contribution in [2.45, 2.75) is 13.5 Å². The second-order valence-corrected chi connectivity index (χ2v) is 6.93. The molecule has 0 saturated carbocycles. The maximum absolute atomic E-state index is 12.9. The summed E-state index contributed by atoms with van der Waals surface area (Å²) in [5, 5.41) is 4.64. The molecule has 0 radical (unpaired) electrons. The molecule has 2 aromatic heterocycles. The zero-order valence-corrected chi connectivity index (χ0v) is 16.4. The van der Waals surface area contributed by atoms with Gasteiger partial charge in [0.2, 0.25) is 0 Å². The molecule has 4 aromatic rings. The predicted molar refractivity (Wildman–Crippen MR) is 114 cm³/mol. The summed E-state index contributed by atoms with van der Waals surface area (Å²) in [6.07, 6.45) is 3.33. The number of hydrogen-bond donors (Lipinski definition) is 3. The SMILES string of the molecule is Cc1ccc(-c2nn(Cc3ccccc3)cc2C(=O)NNC(=O)c2ccc[nH]2)cc1. The van der Waals surface area contributed by atoms with Crippen LogP contribution in [0.3, 0.4) is 0 Å². The molecule has 3 N–H and O–H groups in total. The number of hydrazine groups is 1. The van der Waals surface area contributed by atoms with E-state index >= 15 is 0 Å². The van der Waals surface area contributed by atoms with Gasteiger partial charge in [-0.25, -0.2) is 0 Å². The van der Waals surface area contributed by atoms with Gasteiger partial charge in [-0.05, 0) is 24.6 Å². The van der Waals surface area contributed by atoms with Crippen LogP contribution in [0, 0.1) is 6.92 Å². The Labute approximate surface area is 173 Å². The number of aromatic amines is 1. The number of aryl methyl sites for hydroxylation is 1. The highest BCUT2D eigenvalue weighted by molar-refractivity contribution is 6.01. The number of benzene rings is 2. The van der Waals surface area contributed by atoms with Gasteiger partial charge in [-0.2, -0.15) is 5.10 Å². The first-order valence-corrected chi connectivity index (χ1v) is 9.52. The summed E-state index contributed by atoms with van der Waals surface area (Å²) < 4.78 is 1.73. The lowest BCUT2D eigenvalue weighted by Crippen LogP contribution is -2.41. The van der Waals surface area contributed by atoms with Crippen molar-refractivity contribution in [3.8, 4) is 11.3 Å². The van der Waals surface area contributed by atoms with Crippen LogP contribution in [-0.4, -0.2) is 26.6 Å². The first-order valence-electron chi connectivity index (χ1n) is 9.52. The van der Waals surface area contributed by atoms with Crippen LogP contribution in [-0.2, 0) is 6.54 Å². The van der Waals surface area contributed by atoms with Crippen LogP contribution in [0.4, 0.5) is 0 Å². The fraction of sp³-hybridized carbons (Fsp3) is 0.0870. The molecule has 0 fully saturated rings. The van der Waals surface area contributed by atoms with Gasteiger partial charge in [-0.3, -0.25) is 25.1 Å². The number of nitrogens with one attached hydrogen (secondary N) is 3. The number of carbonyl (C=O) groups is 2. The van der Waals surface area contributed by atoms with E-state index in [1.165, 1.54) is 0 Å². The highest BCUT2D eigenvalue weighted by Crippen LogP contribution is 2.23. The first kappa shape index (κ1) is 19.2. The molecule has 0 aliphatic carbocycles. The Kier molecular flexibility index (Phi) is 5.43. The normalized spacial score (nSPS) is 10.6. The Hall–Kier alpha value is -4.13. The fourth-order valence-corrected chi connectivity index (χ4v) is 3.08. The molecule has 0 aliphatic rings. The van der Waals surface area contributed by atoms with E-state index in [1.54, 1.807) is 29.2 Å². The van der Waals surface area contributed by atoms with Crippen LogP contribution < -0.4 is 10.9 Å². The van der Waals surface area contributed by atoms with Gasteiger partial charge in [0.05, 0.1) is 12.1 Å². The van der Waals surface area contributed by atoms with Crippen LogP contribution in [0.1, 0.15) is 32.0 Å². The minimum absolute atomic E-state index is 0.355. The summed E-state index contributed by atoms with van der Waals surface area (Å²) in [7, 11) is 0. The molecule has 7 nitrogen and oxygen atoms in total. The van der Waals surface area contributed by atoms with Crippen molar-refractivity contribution in [1.29, 1.82) is 0 Å². The van der Waals surface area contributed by atoms with Gasteiger partial charge in [0.15, 0.2) is 0 Å². The van der Waals surface area contributed by atoms with E-state index in [0.717, 1.165) is 16.7 Å². The molecule has 0 unspecified atom stereocenters. The van der Waals surface area contributed by atoms with Crippen LogP contribution in [0.2, 0.25) is 0 Å². The van der Waals surface area contributed by atoms with Gasteiger partial charge in [-0.15, -0.1) is 0 Å². The van der Waals surface area contributed by atoms with E-state index < -0.39 is 11.8 Å². The van der Waals surface area contributed by atoms with Crippen molar-refractivity contribution >= 4 is 11.8 Å². The van der Waals surface area contributed by atoms with E-state index in [-0.39, 0.29) is 0 Å². The number of H-pyrrole nitrogens is 1.